The Morgan fingerprint density at radius 3 is 2.16 bits per heavy atom. The van der Waals surface area contributed by atoms with Gasteiger partial charge in [0.05, 0.1) is 36.5 Å². The van der Waals surface area contributed by atoms with Crippen LogP contribution in [0.15, 0.2) is 66.7 Å². The first-order valence-corrected chi connectivity index (χ1v) is 9.57. The lowest BCUT2D eigenvalue weighted by molar-refractivity contribution is -0.385. The number of carbonyl (C=O) groups is 2. The molecule has 164 valence electrons. The van der Waals surface area contributed by atoms with Gasteiger partial charge >= 0.3 is 0 Å². The molecule has 0 bridgehead atoms. The summed E-state index contributed by atoms with van der Waals surface area (Å²) in [4.78, 5) is 36.4. The van der Waals surface area contributed by atoms with Gasteiger partial charge in [0.2, 0.25) is 0 Å². The lowest BCUT2D eigenvalue weighted by Crippen LogP contribution is -2.25. The van der Waals surface area contributed by atoms with E-state index in [4.69, 9.17) is 9.47 Å². The molecule has 0 saturated heterocycles. The molecule has 2 amide bonds. The summed E-state index contributed by atoms with van der Waals surface area (Å²) in [5.74, 6) is -0.874. The van der Waals surface area contributed by atoms with Crippen LogP contribution in [-0.2, 0) is 6.54 Å². The molecule has 0 aliphatic heterocycles. The van der Waals surface area contributed by atoms with Crippen molar-refractivity contribution >= 4 is 23.2 Å². The van der Waals surface area contributed by atoms with Crippen molar-refractivity contribution < 1.29 is 24.0 Å². The van der Waals surface area contributed by atoms with Crippen molar-refractivity contribution in [3.05, 3.63) is 93.5 Å². The van der Waals surface area contributed by atoms with E-state index in [0.29, 0.717) is 6.54 Å². The molecule has 3 aromatic carbocycles. The Bertz CT molecular complexity index is 1150. The van der Waals surface area contributed by atoms with Gasteiger partial charge in [-0.2, -0.15) is 0 Å². The fourth-order valence-corrected chi connectivity index (χ4v) is 3.05. The second kappa shape index (κ2) is 10.1. The molecule has 0 aromatic heterocycles. The summed E-state index contributed by atoms with van der Waals surface area (Å²) in [5, 5.41) is 16.9. The number of anilines is 1. The van der Waals surface area contributed by atoms with Gasteiger partial charge in [0.15, 0.2) is 11.5 Å². The summed E-state index contributed by atoms with van der Waals surface area (Å²) in [6.45, 7) is 0.309. The van der Waals surface area contributed by atoms with E-state index in [0.717, 1.165) is 11.6 Å². The summed E-state index contributed by atoms with van der Waals surface area (Å²) in [5.41, 5.74) is 0.675. The third-order valence-corrected chi connectivity index (χ3v) is 4.66. The first-order chi connectivity index (χ1) is 15.4. The van der Waals surface area contributed by atoms with Crippen molar-refractivity contribution in [1.29, 1.82) is 0 Å². The molecule has 9 nitrogen and oxygen atoms in total. The van der Waals surface area contributed by atoms with Crippen LogP contribution in [0.5, 0.6) is 11.5 Å². The number of nitro groups is 1. The largest absolute Gasteiger partial charge is 0.493 e. The van der Waals surface area contributed by atoms with Crippen LogP contribution in [0.4, 0.5) is 11.4 Å². The van der Waals surface area contributed by atoms with E-state index in [1.165, 1.54) is 20.3 Å². The second-order valence-corrected chi connectivity index (χ2v) is 6.65. The average molecular weight is 435 g/mol. The fraction of sp³-hybridized carbons (Fsp3) is 0.130. The Kier molecular flexibility index (Phi) is 7.02. The third kappa shape index (κ3) is 5.01. The highest BCUT2D eigenvalue weighted by Crippen LogP contribution is 2.35. The monoisotopic (exact) mass is 435 g/mol. The summed E-state index contributed by atoms with van der Waals surface area (Å²) in [7, 11) is 2.70. The van der Waals surface area contributed by atoms with Crippen LogP contribution in [-0.4, -0.2) is 31.0 Å². The summed E-state index contributed by atoms with van der Waals surface area (Å²) < 4.78 is 10.2. The zero-order chi connectivity index (χ0) is 23.1. The van der Waals surface area contributed by atoms with Crippen LogP contribution >= 0.6 is 0 Å². The molecule has 0 radical (unpaired) electrons. The number of rotatable bonds is 8. The quantitative estimate of drug-likeness (QED) is 0.410. The minimum atomic E-state index is -0.763. The maximum Gasteiger partial charge on any atom is 0.286 e. The van der Waals surface area contributed by atoms with Gasteiger partial charge in [-0.3, -0.25) is 19.7 Å². The third-order valence-electron chi connectivity index (χ3n) is 4.66. The molecule has 0 spiro atoms. The Balaban J connectivity index is 1.86. The molecule has 3 aromatic rings. The summed E-state index contributed by atoms with van der Waals surface area (Å²) in [6.07, 6.45) is 0. The van der Waals surface area contributed by atoms with Crippen LogP contribution in [0.1, 0.15) is 26.3 Å². The number of hydrogen-bond donors (Lipinski definition) is 2. The molecule has 0 fully saturated rings. The number of carbonyl (C=O) groups excluding carboxylic acids is 2. The van der Waals surface area contributed by atoms with Crippen molar-refractivity contribution in [2.24, 2.45) is 0 Å². The lowest BCUT2D eigenvalue weighted by Gasteiger charge is -2.13. The zero-order valence-corrected chi connectivity index (χ0v) is 17.5. The summed E-state index contributed by atoms with van der Waals surface area (Å²) in [6, 6.07) is 18.1. The number of methoxy groups -OCH3 is 2. The minimum Gasteiger partial charge on any atom is -0.493 e. The van der Waals surface area contributed by atoms with Crippen LogP contribution in [0, 0.1) is 10.1 Å². The van der Waals surface area contributed by atoms with Crippen molar-refractivity contribution in [2.45, 2.75) is 6.54 Å². The van der Waals surface area contributed by atoms with E-state index in [-0.39, 0.29) is 28.3 Å². The van der Waals surface area contributed by atoms with Crippen molar-refractivity contribution in [2.75, 3.05) is 19.5 Å². The van der Waals surface area contributed by atoms with E-state index in [1.807, 2.05) is 30.3 Å². The lowest BCUT2D eigenvalue weighted by atomic mass is 10.1. The second-order valence-electron chi connectivity index (χ2n) is 6.65. The zero-order valence-electron chi connectivity index (χ0n) is 17.5. The standard InChI is InChI=1S/C23H21N3O6/c1-31-20-12-17(19(26(29)30)13-21(20)32-2)23(28)25-18-11-7-6-10-16(18)22(27)24-14-15-8-4-3-5-9-15/h3-13H,14H2,1-2H3,(H,24,27)(H,25,28). The molecule has 9 heteroatoms. The van der Waals surface area contributed by atoms with Crippen LogP contribution in [0.25, 0.3) is 0 Å². The highest BCUT2D eigenvalue weighted by molar-refractivity contribution is 6.11. The van der Waals surface area contributed by atoms with E-state index in [9.17, 15) is 19.7 Å². The van der Waals surface area contributed by atoms with Gasteiger partial charge in [0.1, 0.15) is 5.56 Å². The number of para-hydroxylation sites is 1. The number of amides is 2. The van der Waals surface area contributed by atoms with Gasteiger partial charge in [-0.1, -0.05) is 42.5 Å². The van der Waals surface area contributed by atoms with Crippen molar-refractivity contribution in [3.8, 4) is 11.5 Å². The molecule has 0 unspecified atom stereocenters. The number of benzene rings is 3. The minimum absolute atomic E-state index is 0.122. The van der Waals surface area contributed by atoms with Gasteiger partial charge in [0.25, 0.3) is 17.5 Å². The number of nitrogens with zero attached hydrogens (tertiary/aromatic N) is 1. The van der Waals surface area contributed by atoms with Gasteiger partial charge in [0, 0.05) is 12.6 Å². The van der Waals surface area contributed by atoms with Crippen LogP contribution < -0.4 is 20.1 Å². The molecule has 0 heterocycles. The van der Waals surface area contributed by atoms with Gasteiger partial charge in [-0.05, 0) is 17.7 Å². The SMILES string of the molecule is COc1cc(C(=O)Nc2ccccc2C(=O)NCc2ccccc2)c([N+](=O)[O-])cc1OC. The highest BCUT2D eigenvalue weighted by atomic mass is 16.6. The van der Waals surface area contributed by atoms with Gasteiger partial charge < -0.3 is 20.1 Å². The molecular weight excluding hydrogens is 414 g/mol. The molecule has 0 atom stereocenters. The molecule has 3 rings (SSSR count). The van der Waals surface area contributed by atoms with Crippen LogP contribution in [0.2, 0.25) is 0 Å². The van der Waals surface area contributed by atoms with E-state index in [1.54, 1.807) is 24.3 Å². The van der Waals surface area contributed by atoms with Crippen molar-refractivity contribution in [3.63, 3.8) is 0 Å². The normalized spacial score (nSPS) is 10.2. The first kappa shape index (κ1) is 22.3. The van der Waals surface area contributed by atoms with Gasteiger partial charge in [-0.25, -0.2) is 0 Å². The molecular formula is C23H21N3O6. The average Bonchev–Trinajstić information content (AvgIpc) is 2.82. The molecule has 32 heavy (non-hydrogen) atoms. The van der Waals surface area contributed by atoms with E-state index < -0.39 is 22.4 Å². The Hall–Kier alpha value is -4.40. The first-order valence-electron chi connectivity index (χ1n) is 9.57. The molecule has 0 saturated carbocycles. The van der Waals surface area contributed by atoms with Crippen LogP contribution in [0.3, 0.4) is 0 Å². The number of ether oxygens (including phenoxy) is 2. The molecule has 0 aliphatic rings. The Morgan fingerprint density at radius 2 is 1.50 bits per heavy atom. The number of hydrogen-bond acceptors (Lipinski definition) is 6. The maximum absolute atomic E-state index is 12.9. The maximum atomic E-state index is 12.9. The predicted molar refractivity (Wildman–Crippen MR) is 118 cm³/mol. The van der Waals surface area contributed by atoms with Gasteiger partial charge in [-0.15, -0.1) is 0 Å². The van der Waals surface area contributed by atoms with E-state index in [2.05, 4.69) is 10.6 Å². The Morgan fingerprint density at radius 1 is 0.875 bits per heavy atom. The topological polar surface area (TPSA) is 120 Å². The Labute approximate surface area is 184 Å². The van der Waals surface area contributed by atoms with Crippen molar-refractivity contribution in [1.82, 2.24) is 5.32 Å². The smallest absolute Gasteiger partial charge is 0.286 e. The van der Waals surface area contributed by atoms with E-state index >= 15 is 0 Å². The fourth-order valence-electron chi connectivity index (χ4n) is 3.05. The highest BCUT2D eigenvalue weighted by Gasteiger charge is 2.25. The molecule has 0 aliphatic carbocycles. The summed E-state index contributed by atoms with van der Waals surface area (Å²) >= 11 is 0. The molecule has 2 N–H and O–H groups in total. The predicted octanol–water partition coefficient (Wildman–Crippen LogP) is 3.79. The number of nitrogens with one attached hydrogen (secondary N) is 2. The number of nitro benzene ring substituents is 1.